The lowest BCUT2D eigenvalue weighted by Crippen LogP contribution is -2.30. The third-order valence-corrected chi connectivity index (χ3v) is 3.64. The van der Waals surface area contributed by atoms with E-state index in [1.165, 1.54) is 10.7 Å². The number of halogens is 2. The van der Waals surface area contributed by atoms with Gasteiger partial charge in [0.05, 0.1) is 12.2 Å². The molecule has 10 heteroatoms. The van der Waals surface area contributed by atoms with Crippen molar-refractivity contribution in [1.29, 1.82) is 0 Å². The van der Waals surface area contributed by atoms with Gasteiger partial charge < -0.3 is 14.8 Å². The minimum absolute atomic E-state index is 0.0690. The first-order chi connectivity index (χ1) is 12.0. The molecule has 0 amide bonds. The second-order valence-electron chi connectivity index (χ2n) is 5.15. The van der Waals surface area contributed by atoms with Gasteiger partial charge in [0.25, 0.3) is 0 Å². The van der Waals surface area contributed by atoms with E-state index in [9.17, 15) is 13.6 Å². The number of hydrogen-bond acceptors (Lipinski definition) is 7. The third-order valence-electron chi connectivity index (χ3n) is 3.64. The van der Waals surface area contributed by atoms with Gasteiger partial charge in [-0.2, -0.15) is 13.5 Å². The van der Waals surface area contributed by atoms with E-state index >= 15 is 0 Å². The molecule has 0 radical (unpaired) electrons. The summed E-state index contributed by atoms with van der Waals surface area (Å²) in [6.07, 6.45) is 0. The van der Waals surface area contributed by atoms with Crippen LogP contribution in [0.5, 0.6) is 5.75 Å². The molecular weight excluding hydrogens is 336 g/mol. The Kier molecular flexibility index (Phi) is 4.59. The Bertz CT molecular complexity index is 821. The van der Waals surface area contributed by atoms with Crippen molar-refractivity contribution in [2.24, 2.45) is 0 Å². The Hall–Kier alpha value is -3.04. The van der Waals surface area contributed by atoms with E-state index in [4.69, 9.17) is 4.74 Å². The van der Waals surface area contributed by atoms with E-state index < -0.39 is 18.6 Å². The van der Waals surface area contributed by atoms with Gasteiger partial charge >= 0.3 is 12.6 Å². The van der Waals surface area contributed by atoms with Crippen LogP contribution in [0.1, 0.15) is 25.5 Å². The molecular formula is C15H15F2N5O3. The molecule has 2 aromatic rings. The predicted octanol–water partition coefficient (Wildman–Crippen LogP) is 2.13. The van der Waals surface area contributed by atoms with Crippen LogP contribution < -0.4 is 10.1 Å². The minimum atomic E-state index is -3.01. The van der Waals surface area contributed by atoms with Gasteiger partial charge in [0.15, 0.2) is 0 Å². The maximum atomic E-state index is 12.8. The number of para-hydroxylation sites is 1. The summed E-state index contributed by atoms with van der Waals surface area (Å²) in [6, 6.07) is 5.32. The Balaban J connectivity index is 2.16. The molecule has 0 fully saturated rings. The largest absolute Gasteiger partial charge is 0.463 e. The third kappa shape index (κ3) is 3.14. The highest BCUT2D eigenvalue weighted by Crippen LogP contribution is 2.39. The summed E-state index contributed by atoms with van der Waals surface area (Å²) in [7, 11) is 0. The lowest BCUT2D eigenvalue weighted by atomic mass is 9.95. The molecule has 25 heavy (non-hydrogen) atoms. The zero-order valence-electron chi connectivity index (χ0n) is 13.4. The summed E-state index contributed by atoms with van der Waals surface area (Å²) in [5.74, 6) is -0.381. The Morgan fingerprint density at radius 3 is 2.88 bits per heavy atom. The number of esters is 1. The molecule has 1 N–H and O–H groups in total. The molecule has 0 bridgehead atoms. The molecule has 0 aliphatic carbocycles. The van der Waals surface area contributed by atoms with Gasteiger partial charge in [0.2, 0.25) is 5.95 Å². The van der Waals surface area contributed by atoms with Crippen LogP contribution in [0.2, 0.25) is 0 Å². The zero-order valence-corrected chi connectivity index (χ0v) is 13.4. The number of aromatic nitrogens is 4. The van der Waals surface area contributed by atoms with Crippen LogP contribution >= 0.6 is 0 Å². The molecule has 3 rings (SSSR count). The molecule has 1 aromatic carbocycles. The van der Waals surface area contributed by atoms with E-state index in [1.807, 2.05) is 0 Å². The lowest BCUT2D eigenvalue weighted by molar-refractivity contribution is -0.139. The lowest BCUT2D eigenvalue weighted by Gasteiger charge is -2.28. The normalized spacial score (nSPS) is 16.4. The number of tetrazole rings is 1. The topological polar surface area (TPSA) is 91.2 Å². The maximum Gasteiger partial charge on any atom is 0.387 e. The number of alkyl halides is 2. The Labute approximate surface area is 141 Å². The van der Waals surface area contributed by atoms with Crippen LogP contribution in [0.4, 0.5) is 14.7 Å². The summed E-state index contributed by atoms with van der Waals surface area (Å²) in [5.41, 5.74) is 1.00. The number of rotatable bonds is 5. The number of benzene rings is 1. The second kappa shape index (κ2) is 6.83. The van der Waals surface area contributed by atoms with E-state index in [0.717, 1.165) is 0 Å². The van der Waals surface area contributed by atoms with E-state index in [-0.39, 0.29) is 23.9 Å². The SMILES string of the molecule is CCOC(=O)C1=C(C)Nc2nnnn2C1c1ccccc1OC(F)F. The van der Waals surface area contributed by atoms with Gasteiger partial charge in [-0.3, -0.25) is 0 Å². The molecule has 0 saturated carbocycles. The van der Waals surface area contributed by atoms with Crippen LogP contribution in [0, 0.1) is 0 Å². The first-order valence-corrected chi connectivity index (χ1v) is 7.49. The summed E-state index contributed by atoms with van der Waals surface area (Å²) in [4.78, 5) is 12.5. The number of allylic oxidation sites excluding steroid dienone is 1. The van der Waals surface area contributed by atoms with Crippen LogP contribution in [0.25, 0.3) is 0 Å². The van der Waals surface area contributed by atoms with Crippen molar-refractivity contribution in [3.63, 3.8) is 0 Å². The Morgan fingerprint density at radius 2 is 2.16 bits per heavy atom. The number of ether oxygens (including phenoxy) is 2. The van der Waals surface area contributed by atoms with E-state index in [1.54, 1.807) is 32.0 Å². The van der Waals surface area contributed by atoms with Crippen molar-refractivity contribution in [3.8, 4) is 5.75 Å². The highest BCUT2D eigenvalue weighted by Gasteiger charge is 2.36. The van der Waals surface area contributed by atoms with Crippen molar-refractivity contribution in [1.82, 2.24) is 20.2 Å². The first-order valence-electron chi connectivity index (χ1n) is 7.49. The van der Waals surface area contributed by atoms with Crippen molar-refractivity contribution in [2.75, 3.05) is 11.9 Å². The number of carbonyl (C=O) groups is 1. The van der Waals surface area contributed by atoms with Gasteiger partial charge in [0.1, 0.15) is 11.8 Å². The standard InChI is InChI=1S/C15H15F2N5O3/c1-3-24-13(23)11-8(2)18-15-19-20-21-22(15)12(11)9-6-4-5-7-10(9)25-14(16)17/h4-7,12,14H,3H2,1-2H3,(H,18,19,21). The molecule has 1 aliphatic heterocycles. The quantitative estimate of drug-likeness (QED) is 0.825. The average molecular weight is 351 g/mol. The van der Waals surface area contributed by atoms with Crippen molar-refractivity contribution < 1.29 is 23.0 Å². The number of carbonyl (C=O) groups excluding carboxylic acids is 1. The zero-order chi connectivity index (χ0) is 18.0. The number of nitrogens with one attached hydrogen (secondary N) is 1. The number of hydrogen-bond donors (Lipinski definition) is 1. The molecule has 0 saturated heterocycles. The van der Waals surface area contributed by atoms with Gasteiger partial charge in [-0.25, -0.2) is 4.79 Å². The van der Waals surface area contributed by atoms with Gasteiger partial charge in [-0.05, 0) is 30.3 Å². The number of fused-ring (bicyclic) bond motifs is 1. The van der Waals surface area contributed by atoms with Crippen molar-refractivity contribution >= 4 is 11.9 Å². The van der Waals surface area contributed by atoms with Crippen molar-refractivity contribution in [2.45, 2.75) is 26.5 Å². The molecule has 1 aliphatic rings. The fraction of sp³-hybridized carbons (Fsp3) is 0.333. The molecule has 0 spiro atoms. The molecule has 2 heterocycles. The molecule has 1 atom stereocenters. The summed E-state index contributed by atoms with van der Waals surface area (Å²) < 4.78 is 36.6. The van der Waals surface area contributed by atoms with Crippen LogP contribution in [0.15, 0.2) is 35.5 Å². The van der Waals surface area contributed by atoms with Crippen LogP contribution in [0.3, 0.4) is 0 Å². The summed E-state index contributed by atoms with van der Waals surface area (Å²) in [5, 5.41) is 14.2. The molecule has 132 valence electrons. The number of anilines is 1. The van der Waals surface area contributed by atoms with Crippen LogP contribution in [-0.2, 0) is 9.53 Å². The summed E-state index contributed by atoms with van der Waals surface area (Å²) >= 11 is 0. The second-order valence-corrected chi connectivity index (χ2v) is 5.15. The van der Waals surface area contributed by atoms with E-state index in [2.05, 4.69) is 25.6 Å². The highest BCUT2D eigenvalue weighted by molar-refractivity contribution is 5.92. The maximum absolute atomic E-state index is 12.8. The van der Waals surface area contributed by atoms with Gasteiger partial charge in [-0.15, -0.1) is 0 Å². The highest BCUT2D eigenvalue weighted by atomic mass is 19.3. The fourth-order valence-corrected chi connectivity index (χ4v) is 2.68. The van der Waals surface area contributed by atoms with E-state index in [0.29, 0.717) is 11.3 Å². The smallest absolute Gasteiger partial charge is 0.387 e. The monoisotopic (exact) mass is 351 g/mol. The van der Waals surface area contributed by atoms with Gasteiger partial charge in [-0.1, -0.05) is 23.3 Å². The number of nitrogens with zero attached hydrogens (tertiary/aromatic N) is 4. The van der Waals surface area contributed by atoms with Gasteiger partial charge in [0, 0.05) is 11.3 Å². The predicted molar refractivity (Wildman–Crippen MR) is 82.0 cm³/mol. The minimum Gasteiger partial charge on any atom is -0.463 e. The van der Waals surface area contributed by atoms with Crippen molar-refractivity contribution in [3.05, 3.63) is 41.1 Å². The molecule has 1 aromatic heterocycles. The molecule has 8 nitrogen and oxygen atoms in total. The first kappa shape index (κ1) is 16.8. The Morgan fingerprint density at radius 1 is 1.40 bits per heavy atom. The molecule has 1 unspecified atom stereocenters. The summed E-state index contributed by atoms with van der Waals surface area (Å²) in [6.45, 7) is 0.496. The average Bonchev–Trinajstić information content (AvgIpc) is 3.01. The fourth-order valence-electron chi connectivity index (χ4n) is 2.68. The van der Waals surface area contributed by atoms with Crippen LogP contribution in [-0.4, -0.2) is 39.4 Å².